The van der Waals surface area contributed by atoms with Gasteiger partial charge in [-0.1, -0.05) is 0 Å². The first-order valence-corrected chi connectivity index (χ1v) is 4.60. The number of hydrogen-bond acceptors (Lipinski definition) is 1. The Kier molecular flexibility index (Phi) is 2.33. The van der Waals surface area contributed by atoms with Gasteiger partial charge < -0.3 is 4.57 Å². The molecule has 0 unspecified atom stereocenters. The monoisotopic (exact) mass is 258 g/mol. The highest BCUT2D eigenvalue weighted by atomic mass is 79.9. The van der Waals surface area contributed by atoms with E-state index in [2.05, 4.69) is 20.9 Å². The van der Waals surface area contributed by atoms with Gasteiger partial charge in [0.05, 0.1) is 5.69 Å². The number of aromatic nitrogens is 2. The third-order valence-corrected chi connectivity index (χ3v) is 2.11. The minimum absolute atomic E-state index is 0.403. The quantitative estimate of drug-likeness (QED) is 0.769. The minimum Gasteiger partial charge on any atom is -0.305 e. The molecule has 1 heterocycles. The van der Waals surface area contributed by atoms with Crippen molar-refractivity contribution in [2.24, 2.45) is 0 Å². The second-order valence-electron chi connectivity index (χ2n) is 2.73. The molecular formula is C9H5BrF2N2. The van der Waals surface area contributed by atoms with Crippen LogP contribution in [-0.2, 0) is 0 Å². The molecule has 1 aromatic carbocycles. The highest BCUT2D eigenvalue weighted by Crippen LogP contribution is 2.14. The molecule has 2 rings (SSSR count). The Morgan fingerprint density at radius 1 is 1.14 bits per heavy atom. The van der Waals surface area contributed by atoms with E-state index < -0.39 is 11.6 Å². The third kappa shape index (κ3) is 1.82. The molecule has 0 aliphatic heterocycles. The Hall–Kier alpha value is -1.23. The predicted molar refractivity (Wildman–Crippen MR) is 51.2 cm³/mol. The number of halogens is 3. The van der Waals surface area contributed by atoms with Crippen LogP contribution in [0.5, 0.6) is 0 Å². The molecule has 0 saturated heterocycles. The summed E-state index contributed by atoms with van der Waals surface area (Å²) in [5, 5.41) is 0. The Morgan fingerprint density at radius 3 is 2.29 bits per heavy atom. The second kappa shape index (κ2) is 3.49. The fourth-order valence-electron chi connectivity index (χ4n) is 1.13. The van der Waals surface area contributed by atoms with E-state index in [9.17, 15) is 8.78 Å². The van der Waals surface area contributed by atoms with Crippen molar-refractivity contribution in [1.82, 2.24) is 9.55 Å². The lowest BCUT2D eigenvalue weighted by molar-refractivity contribution is 0.581. The van der Waals surface area contributed by atoms with E-state index >= 15 is 0 Å². The van der Waals surface area contributed by atoms with Crippen LogP contribution in [0.25, 0.3) is 5.69 Å². The molecule has 0 spiro atoms. The topological polar surface area (TPSA) is 17.8 Å². The first-order chi connectivity index (χ1) is 6.65. The lowest BCUT2D eigenvalue weighted by Gasteiger charge is -2.01. The molecule has 0 radical (unpaired) electrons. The number of benzene rings is 1. The molecular weight excluding hydrogens is 254 g/mol. The van der Waals surface area contributed by atoms with E-state index in [-0.39, 0.29) is 0 Å². The Morgan fingerprint density at radius 2 is 1.79 bits per heavy atom. The summed E-state index contributed by atoms with van der Waals surface area (Å²) in [4.78, 5) is 3.89. The summed E-state index contributed by atoms with van der Waals surface area (Å²) in [7, 11) is 0. The maximum absolute atomic E-state index is 12.8. The summed E-state index contributed by atoms with van der Waals surface area (Å²) >= 11 is 3.15. The van der Waals surface area contributed by atoms with Gasteiger partial charge in [-0.15, -0.1) is 0 Å². The summed E-state index contributed by atoms with van der Waals surface area (Å²) in [5.41, 5.74) is 0.403. The Balaban J connectivity index is 2.51. The first kappa shape index (κ1) is 9.33. The van der Waals surface area contributed by atoms with Crippen LogP contribution < -0.4 is 0 Å². The van der Waals surface area contributed by atoms with Crippen LogP contribution in [0.4, 0.5) is 8.78 Å². The molecule has 1 aromatic heterocycles. The van der Waals surface area contributed by atoms with Gasteiger partial charge in [0, 0.05) is 12.3 Å². The molecule has 0 aliphatic carbocycles. The molecule has 0 N–H and O–H groups in total. The largest absolute Gasteiger partial charge is 0.305 e. The molecule has 0 fully saturated rings. The highest BCUT2D eigenvalue weighted by Gasteiger charge is 2.02. The van der Waals surface area contributed by atoms with Gasteiger partial charge in [0.2, 0.25) is 0 Å². The molecule has 5 heteroatoms. The Labute approximate surface area is 87.3 Å². The van der Waals surface area contributed by atoms with Crippen LogP contribution in [0.2, 0.25) is 0 Å². The fourth-order valence-corrected chi connectivity index (χ4v) is 1.44. The average Bonchev–Trinajstić information content (AvgIpc) is 2.50. The molecule has 0 saturated carbocycles. The highest BCUT2D eigenvalue weighted by molar-refractivity contribution is 9.10. The molecule has 72 valence electrons. The number of nitrogens with zero attached hydrogens (tertiary/aromatic N) is 2. The first-order valence-electron chi connectivity index (χ1n) is 3.81. The van der Waals surface area contributed by atoms with Crippen LogP contribution in [0.3, 0.4) is 0 Å². The van der Waals surface area contributed by atoms with Crippen LogP contribution in [-0.4, -0.2) is 9.55 Å². The minimum atomic E-state index is -0.607. The summed E-state index contributed by atoms with van der Waals surface area (Å²) in [6.07, 6.45) is 3.09. The standard InChI is InChI=1S/C9H5BrF2N2/c10-9-4-14(5-13-9)8-2-6(11)1-7(12)3-8/h1-5H. The van der Waals surface area contributed by atoms with Gasteiger partial charge in [0.15, 0.2) is 0 Å². The van der Waals surface area contributed by atoms with Crippen molar-refractivity contribution in [1.29, 1.82) is 0 Å². The number of hydrogen-bond donors (Lipinski definition) is 0. The van der Waals surface area contributed by atoms with Gasteiger partial charge in [-0.05, 0) is 28.1 Å². The van der Waals surface area contributed by atoms with Crippen LogP contribution >= 0.6 is 15.9 Å². The van der Waals surface area contributed by atoms with Crippen molar-refractivity contribution in [2.45, 2.75) is 0 Å². The lowest BCUT2D eigenvalue weighted by Crippen LogP contribution is -1.92. The Bertz CT molecular complexity index is 447. The van der Waals surface area contributed by atoms with Gasteiger partial charge in [-0.25, -0.2) is 13.8 Å². The van der Waals surface area contributed by atoms with Gasteiger partial charge in [0.25, 0.3) is 0 Å². The van der Waals surface area contributed by atoms with Crippen LogP contribution in [0.1, 0.15) is 0 Å². The molecule has 0 amide bonds. The molecule has 2 aromatic rings. The van der Waals surface area contributed by atoms with Gasteiger partial charge in [-0.3, -0.25) is 0 Å². The van der Waals surface area contributed by atoms with Crippen molar-refractivity contribution in [3.05, 3.63) is 47.0 Å². The number of rotatable bonds is 1. The van der Waals surface area contributed by atoms with Gasteiger partial charge >= 0.3 is 0 Å². The fraction of sp³-hybridized carbons (Fsp3) is 0. The van der Waals surface area contributed by atoms with E-state index in [1.54, 1.807) is 6.20 Å². The van der Waals surface area contributed by atoms with Gasteiger partial charge in [-0.2, -0.15) is 0 Å². The number of imidazole rings is 1. The van der Waals surface area contributed by atoms with E-state index in [0.29, 0.717) is 10.3 Å². The maximum atomic E-state index is 12.8. The van der Waals surface area contributed by atoms with E-state index in [1.165, 1.54) is 23.0 Å². The third-order valence-electron chi connectivity index (χ3n) is 1.70. The summed E-state index contributed by atoms with van der Waals surface area (Å²) in [6, 6.07) is 3.30. The summed E-state index contributed by atoms with van der Waals surface area (Å²) in [5.74, 6) is -1.21. The zero-order chi connectivity index (χ0) is 10.1. The van der Waals surface area contributed by atoms with Crippen LogP contribution in [0, 0.1) is 11.6 Å². The zero-order valence-corrected chi connectivity index (χ0v) is 8.50. The average molecular weight is 259 g/mol. The van der Waals surface area contributed by atoms with Crippen molar-refractivity contribution >= 4 is 15.9 Å². The normalized spacial score (nSPS) is 10.5. The van der Waals surface area contributed by atoms with E-state index in [0.717, 1.165) is 6.07 Å². The van der Waals surface area contributed by atoms with E-state index in [1.807, 2.05) is 0 Å². The predicted octanol–water partition coefficient (Wildman–Crippen LogP) is 2.91. The van der Waals surface area contributed by atoms with E-state index in [4.69, 9.17) is 0 Å². The summed E-state index contributed by atoms with van der Waals surface area (Å²) in [6.45, 7) is 0. The molecule has 14 heavy (non-hydrogen) atoms. The molecule has 0 atom stereocenters. The lowest BCUT2D eigenvalue weighted by atomic mass is 10.3. The van der Waals surface area contributed by atoms with Crippen LogP contribution in [0.15, 0.2) is 35.3 Å². The molecule has 0 bridgehead atoms. The van der Waals surface area contributed by atoms with Crippen molar-refractivity contribution in [3.8, 4) is 5.69 Å². The SMILES string of the molecule is Fc1cc(F)cc(-n2cnc(Br)c2)c1. The molecule has 2 nitrogen and oxygen atoms in total. The maximum Gasteiger partial charge on any atom is 0.128 e. The second-order valence-corrected chi connectivity index (χ2v) is 3.54. The zero-order valence-electron chi connectivity index (χ0n) is 6.92. The van der Waals surface area contributed by atoms with Crippen molar-refractivity contribution in [3.63, 3.8) is 0 Å². The van der Waals surface area contributed by atoms with Crippen molar-refractivity contribution in [2.75, 3.05) is 0 Å². The summed E-state index contributed by atoms with van der Waals surface area (Å²) < 4.78 is 27.8. The molecule has 0 aliphatic rings. The van der Waals surface area contributed by atoms with Gasteiger partial charge in [0.1, 0.15) is 22.6 Å². The van der Waals surface area contributed by atoms with Crippen molar-refractivity contribution < 1.29 is 8.78 Å². The smallest absolute Gasteiger partial charge is 0.128 e.